The normalized spacial score (nSPS) is 17.9. The number of hydrogen-bond donors (Lipinski definition) is 2. The van der Waals surface area contributed by atoms with Gasteiger partial charge >= 0.3 is 0 Å². The number of rotatable bonds is 6. The number of hydrogen-bond acceptors (Lipinski definition) is 3. The van der Waals surface area contributed by atoms with Crippen molar-refractivity contribution < 1.29 is 9.53 Å². The van der Waals surface area contributed by atoms with Crippen molar-refractivity contribution in [3.05, 3.63) is 0 Å². The fourth-order valence-electron chi connectivity index (χ4n) is 2.08. The number of nitrogens with one attached hydrogen (secondary N) is 1. The van der Waals surface area contributed by atoms with E-state index in [9.17, 15) is 4.79 Å². The molecule has 0 spiro atoms. The molecule has 0 saturated heterocycles. The SMILES string of the molecule is COCC(N)C(=O)NCCC1CCCC1.Cl. The number of ether oxygens (including phenoxy) is 1. The summed E-state index contributed by atoms with van der Waals surface area (Å²) in [6.45, 7) is 1.04. The Hall–Kier alpha value is -0.320. The van der Waals surface area contributed by atoms with E-state index in [1.54, 1.807) is 7.11 Å². The van der Waals surface area contributed by atoms with Gasteiger partial charge in [0.05, 0.1) is 6.61 Å². The van der Waals surface area contributed by atoms with Crippen molar-refractivity contribution in [2.45, 2.75) is 38.1 Å². The van der Waals surface area contributed by atoms with Crippen molar-refractivity contribution in [3.63, 3.8) is 0 Å². The van der Waals surface area contributed by atoms with Gasteiger partial charge in [0.2, 0.25) is 5.91 Å². The van der Waals surface area contributed by atoms with E-state index in [0.29, 0.717) is 0 Å². The van der Waals surface area contributed by atoms with Crippen LogP contribution in [0.5, 0.6) is 0 Å². The van der Waals surface area contributed by atoms with Gasteiger partial charge in [-0.25, -0.2) is 0 Å². The highest BCUT2D eigenvalue weighted by Gasteiger charge is 2.16. The fourth-order valence-corrected chi connectivity index (χ4v) is 2.08. The van der Waals surface area contributed by atoms with Gasteiger partial charge in [0.15, 0.2) is 0 Å². The summed E-state index contributed by atoms with van der Waals surface area (Å²) in [5.74, 6) is 0.707. The lowest BCUT2D eigenvalue weighted by Gasteiger charge is -2.13. The first-order valence-corrected chi connectivity index (χ1v) is 5.76. The standard InChI is InChI=1S/C11H22N2O2.ClH/c1-15-8-10(12)11(14)13-7-6-9-4-2-3-5-9;/h9-10H,2-8,12H2,1H3,(H,13,14);1H. The van der Waals surface area contributed by atoms with E-state index < -0.39 is 6.04 Å². The summed E-state index contributed by atoms with van der Waals surface area (Å²) >= 11 is 0. The minimum atomic E-state index is -0.529. The quantitative estimate of drug-likeness (QED) is 0.742. The molecular formula is C11H23ClN2O2. The smallest absolute Gasteiger partial charge is 0.239 e. The Morgan fingerprint density at radius 1 is 1.50 bits per heavy atom. The number of carbonyl (C=O) groups excluding carboxylic acids is 1. The molecule has 16 heavy (non-hydrogen) atoms. The van der Waals surface area contributed by atoms with Crippen molar-refractivity contribution in [3.8, 4) is 0 Å². The summed E-state index contributed by atoms with van der Waals surface area (Å²) in [4.78, 5) is 11.4. The third kappa shape index (κ3) is 5.68. The van der Waals surface area contributed by atoms with Crippen LogP contribution >= 0.6 is 12.4 Å². The Labute approximate surface area is 104 Å². The lowest BCUT2D eigenvalue weighted by molar-refractivity contribution is -0.123. The second-order valence-corrected chi connectivity index (χ2v) is 4.29. The van der Waals surface area contributed by atoms with Crippen LogP contribution in [0.1, 0.15) is 32.1 Å². The average Bonchev–Trinajstić information content (AvgIpc) is 2.71. The summed E-state index contributed by atoms with van der Waals surface area (Å²) in [5, 5.41) is 2.85. The minimum Gasteiger partial charge on any atom is -0.383 e. The number of halogens is 1. The topological polar surface area (TPSA) is 64.3 Å². The summed E-state index contributed by atoms with van der Waals surface area (Å²) in [6, 6.07) is -0.529. The predicted octanol–water partition coefficient (Wildman–Crippen LogP) is 1.08. The van der Waals surface area contributed by atoms with Gasteiger partial charge in [-0.15, -0.1) is 12.4 Å². The van der Waals surface area contributed by atoms with Gasteiger partial charge in [0, 0.05) is 13.7 Å². The monoisotopic (exact) mass is 250 g/mol. The molecule has 5 heteroatoms. The van der Waals surface area contributed by atoms with E-state index in [0.717, 1.165) is 18.9 Å². The van der Waals surface area contributed by atoms with Crippen LogP contribution in [0.2, 0.25) is 0 Å². The molecule has 1 aliphatic carbocycles. The maximum atomic E-state index is 11.4. The number of carbonyl (C=O) groups is 1. The van der Waals surface area contributed by atoms with Gasteiger partial charge in [-0.2, -0.15) is 0 Å². The lowest BCUT2D eigenvalue weighted by atomic mass is 10.0. The molecule has 1 atom stereocenters. The molecule has 3 N–H and O–H groups in total. The van der Waals surface area contributed by atoms with Crippen LogP contribution < -0.4 is 11.1 Å². The zero-order chi connectivity index (χ0) is 11.1. The number of amides is 1. The zero-order valence-corrected chi connectivity index (χ0v) is 10.7. The molecule has 1 aliphatic rings. The largest absolute Gasteiger partial charge is 0.383 e. The van der Waals surface area contributed by atoms with Crippen LogP contribution in [0.25, 0.3) is 0 Å². The van der Waals surface area contributed by atoms with E-state index in [2.05, 4.69) is 5.32 Å². The molecule has 1 unspecified atom stereocenters. The maximum absolute atomic E-state index is 11.4. The molecule has 0 aromatic rings. The Bertz CT molecular complexity index is 196. The summed E-state index contributed by atoms with van der Waals surface area (Å²) in [6.07, 6.45) is 6.43. The highest BCUT2D eigenvalue weighted by Crippen LogP contribution is 2.26. The van der Waals surface area contributed by atoms with E-state index in [1.165, 1.54) is 25.7 Å². The van der Waals surface area contributed by atoms with Crippen LogP contribution in [0.3, 0.4) is 0 Å². The van der Waals surface area contributed by atoms with E-state index in [1.807, 2.05) is 0 Å². The summed E-state index contributed by atoms with van der Waals surface area (Å²) < 4.78 is 4.82. The van der Waals surface area contributed by atoms with E-state index >= 15 is 0 Å². The Kier molecular flexibility index (Phi) is 8.61. The van der Waals surface area contributed by atoms with Crippen molar-refractivity contribution in [2.75, 3.05) is 20.3 Å². The van der Waals surface area contributed by atoms with Crippen LogP contribution in [-0.2, 0) is 9.53 Å². The fraction of sp³-hybridized carbons (Fsp3) is 0.909. The van der Waals surface area contributed by atoms with Crippen LogP contribution in [0.15, 0.2) is 0 Å². The van der Waals surface area contributed by atoms with Crippen molar-refractivity contribution in [1.29, 1.82) is 0 Å². The van der Waals surface area contributed by atoms with Gasteiger partial charge in [-0.1, -0.05) is 25.7 Å². The van der Waals surface area contributed by atoms with Gasteiger partial charge in [-0.3, -0.25) is 4.79 Å². The highest BCUT2D eigenvalue weighted by atomic mass is 35.5. The number of nitrogens with two attached hydrogens (primary N) is 1. The minimum absolute atomic E-state index is 0. The molecule has 96 valence electrons. The predicted molar refractivity (Wildman–Crippen MR) is 66.7 cm³/mol. The first-order chi connectivity index (χ1) is 7.24. The van der Waals surface area contributed by atoms with Crippen molar-refractivity contribution in [1.82, 2.24) is 5.32 Å². The Balaban J connectivity index is 0.00000225. The molecule has 0 radical (unpaired) electrons. The second-order valence-electron chi connectivity index (χ2n) is 4.29. The van der Waals surface area contributed by atoms with E-state index in [4.69, 9.17) is 10.5 Å². The summed E-state index contributed by atoms with van der Waals surface area (Å²) in [5.41, 5.74) is 5.58. The third-order valence-electron chi connectivity index (χ3n) is 3.01. The van der Waals surface area contributed by atoms with Gasteiger partial charge < -0.3 is 15.8 Å². The molecule has 1 fully saturated rings. The molecule has 1 rings (SSSR count). The van der Waals surface area contributed by atoms with Gasteiger partial charge in [-0.05, 0) is 12.3 Å². The highest BCUT2D eigenvalue weighted by molar-refractivity contribution is 5.85. The Morgan fingerprint density at radius 3 is 2.69 bits per heavy atom. The molecule has 1 saturated carbocycles. The lowest BCUT2D eigenvalue weighted by Crippen LogP contribution is -2.43. The van der Waals surface area contributed by atoms with Crippen LogP contribution in [-0.4, -0.2) is 32.2 Å². The zero-order valence-electron chi connectivity index (χ0n) is 9.91. The second kappa shape index (κ2) is 8.79. The van der Waals surface area contributed by atoms with Crippen molar-refractivity contribution in [2.24, 2.45) is 11.7 Å². The molecule has 0 bridgehead atoms. The first kappa shape index (κ1) is 15.7. The van der Waals surface area contributed by atoms with Gasteiger partial charge in [0.25, 0.3) is 0 Å². The molecule has 1 amide bonds. The molecule has 0 aromatic carbocycles. The van der Waals surface area contributed by atoms with Crippen LogP contribution in [0, 0.1) is 5.92 Å². The molecule has 0 aliphatic heterocycles. The summed E-state index contributed by atoms with van der Waals surface area (Å²) in [7, 11) is 1.55. The molecule has 0 aromatic heterocycles. The molecular weight excluding hydrogens is 228 g/mol. The number of methoxy groups -OCH3 is 1. The van der Waals surface area contributed by atoms with E-state index in [-0.39, 0.29) is 24.9 Å². The molecule has 0 heterocycles. The van der Waals surface area contributed by atoms with Gasteiger partial charge in [0.1, 0.15) is 6.04 Å². The average molecular weight is 251 g/mol. The molecule has 4 nitrogen and oxygen atoms in total. The first-order valence-electron chi connectivity index (χ1n) is 5.76. The van der Waals surface area contributed by atoms with Crippen LogP contribution in [0.4, 0.5) is 0 Å². The maximum Gasteiger partial charge on any atom is 0.239 e. The van der Waals surface area contributed by atoms with Crippen molar-refractivity contribution >= 4 is 18.3 Å². The Morgan fingerprint density at radius 2 is 2.12 bits per heavy atom. The third-order valence-corrected chi connectivity index (χ3v) is 3.01.